The van der Waals surface area contributed by atoms with Crippen molar-refractivity contribution in [3.05, 3.63) is 27.7 Å². The second kappa shape index (κ2) is 8.34. The van der Waals surface area contributed by atoms with Crippen molar-refractivity contribution < 1.29 is 24.9 Å². The van der Waals surface area contributed by atoms with Gasteiger partial charge in [-0.3, -0.25) is 9.36 Å². The zero-order chi connectivity index (χ0) is 19.7. The molecule has 1 aromatic carbocycles. The number of fused-ring (bicyclic) bond motifs is 1. The molecule has 4 N–H and O–H groups in total. The molecule has 1 aromatic heterocycles. The molecule has 3 rings (SSSR count). The molecule has 4 atom stereocenters. The number of aldehydes is 1. The fourth-order valence-corrected chi connectivity index (χ4v) is 3.69. The van der Waals surface area contributed by atoms with Gasteiger partial charge in [0.1, 0.15) is 24.1 Å². The van der Waals surface area contributed by atoms with Gasteiger partial charge in [-0.05, 0) is 18.6 Å². The second-order valence-electron chi connectivity index (χ2n) is 6.54. The van der Waals surface area contributed by atoms with E-state index in [1.54, 1.807) is 16.7 Å². The Labute approximate surface area is 166 Å². The summed E-state index contributed by atoms with van der Waals surface area (Å²) in [6.07, 6.45) is -1.96. The van der Waals surface area contributed by atoms with E-state index in [4.69, 9.17) is 27.9 Å². The Hall–Kier alpha value is -1.35. The summed E-state index contributed by atoms with van der Waals surface area (Å²) in [4.78, 5) is 11.8. The summed E-state index contributed by atoms with van der Waals surface area (Å²) in [5.41, 5.74) is 0.887. The fraction of sp³-hybridized carbons (Fsp3) is 0.500. The molecule has 2 heterocycles. The number of hydrogen-bond acceptors (Lipinski definition) is 6. The van der Waals surface area contributed by atoms with Crippen LogP contribution >= 0.6 is 23.2 Å². The van der Waals surface area contributed by atoms with Gasteiger partial charge in [-0.25, -0.2) is 0 Å². The highest BCUT2D eigenvalue weighted by Crippen LogP contribution is 2.41. The molecular weight excluding hydrogens is 395 g/mol. The molecule has 7 nitrogen and oxygen atoms in total. The molecular formula is C18H22Cl2N2O5. The fourth-order valence-electron chi connectivity index (χ4n) is 3.37. The van der Waals surface area contributed by atoms with Crippen molar-refractivity contribution in [3.8, 4) is 0 Å². The van der Waals surface area contributed by atoms with Gasteiger partial charge >= 0.3 is 0 Å². The Kier molecular flexibility index (Phi) is 6.30. The number of aromatic nitrogens is 1. The zero-order valence-corrected chi connectivity index (χ0v) is 16.2. The Balaban J connectivity index is 2.20. The van der Waals surface area contributed by atoms with E-state index in [1.807, 2.05) is 6.92 Å². The van der Waals surface area contributed by atoms with E-state index >= 15 is 0 Å². The van der Waals surface area contributed by atoms with Crippen LogP contribution in [0.3, 0.4) is 0 Å². The molecule has 0 bridgehead atoms. The molecule has 9 heteroatoms. The first-order chi connectivity index (χ1) is 12.9. The van der Waals surface area contributed by atoms with Gasteiger partial charge in [0.25, 0.3) is 0 Å². The number of carbonyl (C=O) groups excluding carboxylic acids is 1. The smallest absolute Gasteiger partial charge is 0.164 e. The van der Waals surface area contributed by atoms with Crippen LogP contribution < -0.4 is 5.32 Å². The van der Waals surface area contributed by atoms with E-state index in [2.05, 4.69) is 5.32 Å². The molecule has 1 fully saturated rings. The number of carbonyl (C=O) groups is 1. The Morgan fingerprint density at radius 3 is 2.56 bits per heavy atom. The Morgan fingerprint density at radius 2 is 1.96 bits per heavy atom. The molecule has 0 spiro atoms. The summed E-state index contributed by atoms with van der Waals surface area (Å²) in [7, 11) is 0. The number of ether oxygens (including phenoxy) is 1. The van der Waals surface area contributed by atoms with Crippen LogP contribution in [0.25, 0.3) is 10.9 Å². The summed E-state index contributed by atoms with van der Waals surface area (Å²) in [6.45, 7) is 2.20. The average Bonchev–Trinajstić information content (AvgIpc) is 3.10. The number of nitrogens with zero attached hydrogens (tertiary/aromatic N) is 1. The van der Waals surface area contributed by atoms with Crippen LogP contribution in [-0.2, 0) is 4.74 Å². The molecule has 0 aliphatic carbocycles. The van der Waals surface area contributed by atoms with Crippen molar-refractivity contribution in [1.29, 1.82) is 0 Å². The number of nitrogens with one attached hydrogen (secondary N) is 1. The molecule has 0 saturated carbocycles. The lowest BCUT2D eigenvalue weighted by Gasteiger charge is -2.22. The lowest BCUT2D eigenvalue weighted by molar-refractivity contribution is -0.0497. The summed E-state index contributed by atoms with van der Waals surface area (Å²) >= 11 is 12.3. The average molecular weight is 417 g/mol. The highest BCUT2D eigenvalue weighted by Gasteiger charge is 2.44. The van der Waals surface area contributed by atoms with E-state index in [1.165, 1.54) is 0 Å². The van der Waals surface area contributed by atoms with Gasteiger partial charge in [-0.2, -0.15) is 0 Å². The van der Waals surface area contributed by atoms with Gasteiger partial charge in [-0.15, -0.1) is 0 Å². The van der Waals surface area contributed by atoms with Gasteiger partial charge in [-0.1, -0.05) is 36.5 Å². The first-order valence-corrected chi connectivity index (χ1v) is 9.54. The van der Waals surface area contributed by atoms with Crippen LogP contribution in [0.1, 0.15) is 36.4 Å². The highest BCUT2D eigenvalue weighted by atomic mass is 35.5. The summed E-state index contributed by atoms with van der Waals surface area (Å²) in [6, 6.07) is 3.18. The Morgan fingerprint density at radius 1 is 1.26 bits per heavy atom. The van der Waals surface area contributed by atoms with Crippen LogP contribution in [0.15, 0.2) is 12.1 Å². The van der Waals surface area contributed by atoms with E-state index in [0.29, 0.717) is 40.1 Å². The lowest BCUT2D eigenvalue weighted by atomic mass is 10.1. The monoisotopic (exact) mass is 416 g/mol. The predicted octanol–water partition coefficient (Wildman–Crippen LogP) is 2.58. The topological polar surface area (TPSA) is 104 Å². The van der Waals surface area contributed by atoms with Crippen LogP contribution in [-0.4, -0.2) is 57.6 Å². The van der Waals surface area contributed by atoms with Gasteiger partial charge in [0.05, 0.1) is 27.7 Å². The maximum Gasteiger partial charge on any atom is 0.164 e. The summed E-state index contributed by atoms with van der Waals surface area (Å²) < 4.78 is 7.28. The first-order valence-electron chi connectivity index (χ1n) is 8.79. The van der Waals surface area contributed by atoms with Crippen molar-refractivity contribution in [2.24, 2.45) is 0 Å². The van der Waals surface area contributed by atoms with Crippen molar-refractivity contribution in [2.75, 3.05) is 18.5 Å². The summed E-state index contributed by atoms with van der Waals surface area (Å²) in [5.74, 6) is 0.446. The molecule has 148 valence electrons. The van der Waals surface area contributed by atoms with Crippen LogP contribution in [0.2, 0.25) is 10.0 Å². The van der Waals surface area contributed by atoms with Crippen molar-refractivity contribution in [1.82, 2.24) is 4.57 Å². The number of unbranched alkanes of at least 4 members (excludes halogenated alkanes) is 1. The second-order valence-corrected chi connectivity index (χ2v) is 7.36. The van der Waals surface area contributed by atoms with E-state index in [-0.39, 0.29) is 5.02 Å². The predicted molar refractivity (Wildman–Crippen MR) is 104 cm³/mol. The quantitative estimate of drug-likeness (QED) is 0.408. The summed E-state index contributed by atoms with van der Waals surface area (Å²) in [5, 5.41) is 34.4. The van der Waals surface area contributed by atoms with Crippen LogP contribution in [0.5, 0.6) is 0 Å². The van der Waals surface area contributed by atoms with Crippen LogP contribution in [0.4, 0.5) is 5.82 Å². The molecule has 1 saturated heterocycles. The largest absolute Gasteiger partial charge is 0.394 e. The van der Waals surface area contributed by atoms with Crippen molar-refractivity contribution in [3.63, 3.8) is 0 Å². The highest BCUT2D eigenvalue weighted by molar-refractivity contribution is 6.43. The minimum Gasteiger partial charge on any atom is -0.394 e. The lowest BCUT2D eigenvalue weighted by Crippen LogP contribution is -2.33. The molecule has 2 aromatic rings. The third kappa shape index (κ3) is 3.55. The Bertz CT molecular complexity index is 841. The molecule has 1 aliphatic rings. The zero-order valence-electron chi connectivity index (χ0n) is 14.7. The van der Waals surface area contributed by atoms with Crippen molar-refractivity contribution in [2.45, 2.75) is 44.3 Å². The first kappa shape index (κ1) is 20.4. The number of halogens is 2. The third-order valence-electron chi connectivity index (χ3n) is 4.80. The van der Waals surface area contributed by atoms with Crippen molar-refractivity contribution >= 4 is 46.2 Å². The minimum absolute atomic E-state index is 0.284. The van der Waals surface area contributed by atoms with Gasteiger partial charge in [0.15, 0.2) is 12.5 Å². The molecule has 0 unspecified atom stereocenters. The van der Waals surface area contributed by atoms with Crippen LogP contribution in [0, 0.1) is 0 Å². The number of anilines is 1. The van der Waals surface area contributed by atoms with Gasteiger partial charge in [0, 0.05) is 11.9 Å². The normalized spacial score (nSPS) is 25.3. The standard InChI is InChI=1S/C18H22Cl2N2O5/c1-2-3-4-21-17-10(7-23)9-5-11(19)12(20)6-13(9)22(17)18-16(26)15(25)14(8-24)27-18/h5-7,14-16,18,21,24-26H,2-4,8H2,1H3/t14-,15-,16-,18-/m1/s1. The van der Waals surface area contributed by atoms with Gasteiger partial charge in [0.2, 0.25) is 0 Å². The number of benzene rings is 1. The number of aliphatic hydroxyl groups excluding tert-OH is 3. The SMILES string of the molecule is CCCCNc1c(C=O)c2cc(Cl)c(Cl)cc2n1[C@@H]1O[C@H](CO)[C@@H](O)[C@H]1O. The van der Waals surface area contributed by atoms with Gasteiger partial charge < -0.3 is 25.4 Å². The number of rotatable bonds is 7. The molecule has 0 amide bonds. The number of aliphatic hydroxyl groups is 3. The molecule has 27 heavy (non-hydrogen) atoms. The van der Waals surface area contributed by atoms with E-state index in [9.17, 15) is 20.1 Å². The van der Waals surface area contributed by atoms with E-state index in [0.717, 1.165) is 12.8 Å². The maximum atomic E-state index is 11.8. The third-order valence-corrected chi connectivity index (χ3v) is 5.52. The number of hydrogen-bond donors (Lipinski definition) is 4. The van der Waals surface area contributed by atoms with E-state index < -0.39 is 31.1 Å². The maximum absolute atomic E-state index is 11.8. The molecule has 0 radical (unpaired) electrons. The minimum atomic E-state index is -1.29. The molecule has 1 aliphatic heterocycles.